The van der Waals surface area contributed by atoms with Crippen molar-refractivity contribution >= 4 is 31.7 Å². The Morgan fingerprint density at radius 3 is 2.48 bits per heavy atom. The molecular formula is C13H23BN2O5. The van der Waals surface area contributed by atoms with Crippen LogP contribution in [0.15, 0.2) is 0 Å². The second-order valence-electron chi connectivity index (χ2n) is 5.08. The average Bonchev–Trinajstić information content (AvgIpc) is 2.41. The van der Waals surface area contributed by atoms with E-state index in [0.29, 0.717) is 12.8 Å². The van der Waals surface area contributed by atoms with Crippen molar-refractivity contribution in [2.24, 2.45) is 0 Å². The SMILES string of the molecule is BC(CCC(=O)C=N)(NC(=O)COCC)C(=O)OC(C)C. The van der Waals surface area contributed by atoms with Crippen molar-refractivity contribution in [1.29, 1.82) is 5.41 Å². The van der Waals surface area contributed by atoms with Crippen molar-refractivity contribution in [1.82, 2.24) is 5.32 Å². The third kappa shape index (κ3) is 7.60. The smallest absolute Gasteiger partial charge is 0.322 e. The number of esters is 1. The molecule has 0 aromatic rings. The predicted octanol–water partition coefficient (Wildman–Crippen LogP) is -0.581. The molecule has 0 aliphatic heterocycles. The molecule has 0 bridgehead atoms. The fraction of sp³-hybridized carbons (Fsp3) is 0.692. The number of amides is 1. The van der Waals surface area contributed by atoms with E-state index < -0.39 is 23.1 Å². The van der Waals surface area contributed by atoms with Gasteiger partial charge >= 0.3 is 5.97 Å². The van der Waals surface area contributed by atoms with Crippen LogP contribution in [0.5, 0.6) is 0 Å². The van der Waals surface area contributed by atoms with Crippen molar-refractivity contribution in [3.63, 3.8) is 0 Å². The number of nitrogens with one attached hydrogen (secondary N) is 2. The highest BCUT2D eigenvalue weighted by Crippen LogP contribution is 2.13. The summed E-state index contributed by atoms with van der Waals surface area (Å²) in [6, 6.07) is 0. The third-order valence-corrected chi connectivity index (χ3v) is 2.68. The Hall–Kier alpha value is -1.70. The molecule has 0 fully saturated rings. The van der Waals surface area contributed by atoms with Crippen LogP contribution in [0.3, 0.4) is 0 Å². The molecule has 21 heavy (non-hydrogen) atoms. The van der Waals surface area contributed by atoms with E-state index in [1.807, 2.05) is 0 Å². The topological polar surface area (TPSA) is 106 Å². The molecule has 0 saturated heterocycles. The zero-order chi connectivity index (χ0) is 16.5. The van der Waals surface area contributed by atoms with Crippen molar-refractivity contribution in [2.75, 3.05) is 13.2 Å². The minimum Gasteiger partial charge on any atom is -0.462 e. The summed E-state index contributed by atoms with van der Waals surface area (Å²) in [7, 11) is 1.50. The van der Waals surface area contributed by atoms with E-state index in [2.05, 4.69) is 5.32 Å². The molecular weight excluding hydrogens is 275 g/mol. The van der Waals surface area contributed by atoms with Crippen LogP contribution in [0.25, 0.3) is 0 Å². The zero-order valence-electron chi connectivity index (χ0n) is 13.0. The van der Waals surface area contributed by atoms with Gasteiger partial charge in [-0.05, 0) is 27.2 Å². The van der Waals surface area contributed by atoms with Gasteiger partial charge in [-0.1, -0.05) is 0 Å². The fourth-order valence-corrected chi connectivity index (χ4v) is 1.54. The summed E-state index contributed by atoms with van der Waals surface area (Å²) in [4.78, 5) is 35.1. The molecule has 0 aromatic heterocycles. The van der Waals surface area contributed by atoms with E-state index >= 15 is 0 Å². The number of Topliss-reactive ketones (excluding diaryl/α,β-unsaturated/α-hetero) is 1. The van der Waals surface area contributed by atoms with E-state index in [4.69, 9.17) is 14.9 Å². The first-order valence-electron chi connectivity index (χ1n) is 6.88. The van der Waals surface area contributed by atoms with Crippen LogP contribution in [-0.2, 0) is 23.9 Å². The van der Waals surface area contributed by atoms with Gasteiger partial charge in [-0.25, -0.2) is 0 Å². The molecule has 0 aromatic carbocycles. The molecule has 0 aliphatic rings. The van der Waals surface area contributed by atoms with Gasteiger partial charge in [0.2, 0.25) is 5.91 Å². The maximum Gasteiger partial charge on any atom is 0.322 e. The number of hydrogen-bond acceptors (Lipinski definition) is 6. The molecule has 0 heterocycles. The minimum absolute atomic E-state index is 0.0257. The highest BCUT2D eigenvalue weighted by atomic mass is 16.5. The second-order valence-corrected chi connectivity index (χ2v) is 5.08. The van der Waals surface area contributed by atoms with Gasteiger partial charge in [0.25, 0.3) is 0 Å². The minimum atomic E-state index is -1.32. The molecule has 2 N–H and O–H groups in total. The first kappa shape index (κ1) is 19.3. The number of hydrogen-bond donors (Lipinski definition) is 2. The number of rotatable bonds is 10. The van der Waals surface area contributed by atoms with Gasteiger partial charge in [0.15, 0.2) is 5.78 Å². The first-order valence-corrected chi connectivity index (χ1v) is 6.88. The number of carbonyl (C=O) groups is 3. The van der Waals surface area contributed by atoms with Crippen LogP contribution in [-0.4, -0.2) is 56.5 Å². The van der Waals surface area contributed by atoms with Crippen molar-refractivity contribution in [2.45, 2.75) is 45.2 Å². The standard InChI is InChI=1S/C13H23BN2O5/c1-4-20-8-11(18)16-13(14,6-5-10(17)7-15)12(19)21-9(2)3/h7,9,15H,4-6,8,14H2,1-3H3,(H,16,18). The van der Waals surface area contributed by atoms with E-state index in [1.54, 1.807) is 20.8 Å². The summed E-state index contributed by atoms with van der Waals surface area (Å²) < 4.78 is 10.1. The molecule has 1 atom stereocenters. The predicted molar refractivity (Wildman–Crippen MR) is 80.2 cm³/mol. The van der Waals surface area contributed by atoms with Gasteiger partial charge in [-0.3, -0.25) is 14.4 Å². The lowest BCUT2D eigenvalue weighted by Crippen LogP contribution is -2.57. The average molecular weight is 298 g/mol. The Bertz CT molecular complexity index is 400. The summed E-state index contributed by atoms with van der Waals surface area (Å²) in [5.41, 5.74) is -1.32. The Labute approximate surface area is 125 Å². The lowest BCUT2D eigenvalue weighted by atomic mass is 9.73. The summed E-state index contributed by atoms with van der Waals surface area (Å²) in [6.45, 7) is 5.36. The van der Waals surface area contributed by atoms with Crippen molar-refractivity contribution in [3.8, 4) is 0 Å². The molecule has 0 aliphatic carbocycles. The fourth-order valence-electron chi connectivity index (χ4n) is 1.54. The van der Waals surface area contributed by atoms with Crippen molar-refractivity contribution in [3.05, 3.63) is 0 Å². The van der Waals surface area contributed by atoms with E-state index in [-0.39, 0.29) is 25.6 Å². The maximum absolute atomic E-state index is 12.1. The summed E-state index contributed by atoms with van der Waals surface area (Å²) in [5.74, 6) is -1.49. The normalized spacial score (nSPS) is 13.3. The highest BCUT2D eigenvalue weighted by molar-refractivity contribution is 6.30. The molecule has 7 nitrogen and oxygen atoms in total. The molecule has 118 valence electrons. The first-order chi connectivity index (χ1) is 9.75. The maximum atomic E-state index is 12.1. The Balaban J connectivity index is 4.88. The van der Waals surface area contributed by atoms with Crippen LogP contribution >= 0.6 is 0 Å². The Kier molecular flexibility index (Phi) is 8.53. The highest BCUT2D eigenvalue weighted by Gasteiger charge is 2.36. The van der Waals surface area contributed by atoms with Crippen molar-refractivity contribution < 1.29 is 23.9 Å². The molecule has 0 rings (SSSR count). The van der Waals surface area contributed by atoms with Gasteiger partial charge in [0.05, 0.1) is 12.3 Å². The van der Waals surface area contributed by atoms with Crippen LogP contribution in [0.2, 0.25) is 0 Å². The number of ether oxygens (including phenoxy) is 2. The third-order valence-electron chi connectivity index (χ3n) is 2.68. The molecule has 0 saturated carbocycles. The van der Waals surface area contributed by atoms with Crippen LogP contribution in [0, 0.1) is 5.41 Å². The molecule has 8 heteroatoms. The molecule has 0 spiro atoms. The second kappa shape index (κ2) is 9.28. The van der Waals surface area contributed by atoms with Gasteiger partial charge in [0.1, 0.15) is 19.9 Å². The molecule has 1 amide bonds. The van der Waals surface area contributed by atoms with E-state index in [9.17, 15) is 14.4 Å². The largest absolute Gasteiger partial charge is 0.462 e. The zero-order valence-corrected chi connectivity index (χ0v) is 13.0. The quantitative estimate of drug-likeness (QED) is 0.319. The lowest BCUT2D eigenvalue weighted by molar-refractivity contribution is -0.154. The van der Waals surface area contributed by atoms with Crippen LogP contribution < -0.4 is 5.32 Å². The molecule has 0 radical (unpaired) electrons. The Morgan fingerprint density at radius 2 is 2.00 bits per heavy atom. The van der Waals surface area contributed by atoms with Gasteiger partial charge in [-0.15, -0.1) is 0 Å². The summed E-state index contributed by atoms with van der Waals surface area (Å²) >= 11 is 0. The Morgan fingerprint density at radius 1 is 1.38 bits per heavy atom. The van der Waals surface area contributed by atoms with Gasteiger partial charge in [0, 0.05) is 13.0 Å². The lowest BCUT2D eigenvalue weighted by Gasteiger charge is -2.29. The summed E-state index contributed by atoms with van der Waals surface area (Å²) in [5, 5.41) is 9.42. The molecule has 1 unspecified atom stereocenters. The van der Waals surface area contributed by atoms with Crippen LogP contribution in [0.1, 0.15) is 33.6 Å². The van der Waals surface area contributed by atoms with Crippen LogP contribution in [0.4, 0.5) is 0 Å². The van der Waals surface area contributed by atoms with Gasteiger partial charge in [-0.2, -0.15) is 0 Å². The van der Waals surface area contributed by atoms with Gasteiger partial charge < -0.3 is 20.2 Å². The van der Waals surface area contributed by atoms with E-state index in [1.165, 1.54) is 7.85 Å². The number of ketones is 1. The van der Waals surface area contributed by atoms with E-state index in [0.717, 1.165) is 0 Å². The summed E-state index contributed by atoms with van der Waals surface area (Å²) in [6.07, 6.45) is 0.391. The number of carbonyl (C=O) groups excluding carboxylic acids is 3. The monoisotopic (exact) mass is 298 g/mol.